The number of esters is 1. The molecule has 0 spiro atoms. The monoisotopic (exact) mass is 474 g/mol. The fourth-order valence-corrected chi connectivity index (χ4v) is 4.48. The molecule has 1 amide bonds. The minimum Gasteiger partial charge on any atom is -0.494 e. The quantitative estimate of drug-likeness (QED) is 0.333. The highest BCUT2D eigenvalue weighted by atomic mass is 16.5. The zero-order valence-corrected chi connectivity index (χ0v) is 20.4. The molecule has 1 fully saturated rings. The van der Waals surface area contributed by atoms with Crippen molar-refractivity contribution in [2.45, 2.75) is 40.2 Å². The normalized spacial score (nSPS) is 13.2. The molecule has 7 nitrogen and oxygen atoms in total. The minimum absolute atomic E-state index is 0.131. The molecule has 0 saturated carbocycles. The van der Waals surface area contributed by atoms with E-state index in [2.05, 4.69) is 0 Å². The summed E-state index contributed by atoms with van der Waals surface area (Å²) in [6.07, 6.45) is 1.44. The molecule has 3 aromatic rings. The Morgan fingerprint density at radius 1 is 1.03 bits per heavy atom. The Morgan fingerprint density at radius 2 is 1.80 bits per heavy atom. The lowest BCUT2D eigenvalue weighted by molar-refractivity contribution is -0.128. The van der Waals surface area contributed by atoms with Crippen molar-refractivity contribution in [2.24, 2.45) is 0 Å². The van der Waals surface area contributed by atoms with Crippen LogP contribution in [0.3, 0.4) is 0 Å². The van der Waals surface area contributed by atoms with Gasteiger partial charge in [0, 0.05) is 42.1 Å². The largest absolute Gasteiger partial charge is 0.494 e. The highest BCUT2D eigenvalue weighted by molar-refractivity contribution is 6.00. The van der Waals surface area contributed by atoms with E-state index >= 15 is 0 Å². The van der Waals surface area contributed by atoms with E-state index in [0.717, 1.165) is 41.4 Å². The highest BCUT2D eigenvalue weighted by Crippen LogP contribution is 2.23. The first-order valence-electron chi connectivity index (χ1n) is 11.9. The van der Waals surface area contributed by atoms with Crippen LogP contribution in [-0.2, 0) is 16.1 Å². The summed E-state index contributed by atoms with van der Waals surface area (Å²) in [7, 11) is 0. The van der Waals surface area contributed by atoms with Gasteiger partial charge >= 0.3 is 5.97 Å². The maximum Gasteiger partial charge on any atom is 0.338 e. The van der Waals surface area contributed by atoms with E-state index in [4.69, 9.17) is 9.47 Å². The number of carbonyl (C=O) groups excluding carboxylic acids is 3. The lowest BCUT2D eigenvalue weighted by Crippen LogP contribution is -2.24. The predicted octanol–water partition coefficient (Wildman–Crippen LogP) is 4.65. The number of hydrogen-bond donors (Lipinski definition) is 0. The van der Waals surface area contributed by atoms with Crippen LogP contribution in [0.4, 0.5) is 0 Å². The van der Waals surface area contributed by atoms with Crippen LogP contribution in [0.5, 0.6) is 5.75 Å². The third-order valence-corrected chi connectivity index (χ3v) is 6.18. The number of hydrogen-bond acceptors (Lipinski definition) is 5. The minimum atomic E-state index is -0.562. The van der Waals surface area contributed by atoms with Gasteiger partial charge in [-0.05, 0) is 75.2 Å². The van der Waals surface area contributed by atoms with Crippen LogP contribution < -0.4 is 4.74 Å². The molecule has 1 aliphatic rings. The van der Waals surface area contributed by atoms with E-state index in [-0.39, 0.29) is 18.3 Å². The van der Waals surface area contributed by atoms with Crippen molar-refractivity contribution in [3.8, 4) is 11.4 Å². The zero-order valence-electron chi connectivity index (χ0n) is 20.4. The SMILES string of the molecule is CCOc1ccc(-n2c(C)cc(C(=O)COC(=O)c3cccc(CN4CCCC4=O)c3)c2C)cc1. The standard InChI is InChI=1S/C28H30N2O5/c1-4-34-24-12-10-23(11-13-24)30-19(2)15-25(20(30)3)26(31)18-35-28(33)22-8-5-7-21(16-22)17-29-14-6-9-27(29)32/h5,7-8,10-13,15-16H,4,6,9,14,17-18H2,1-3H3. The predicted molar refractivity (Wildman–Crippen MR) is 132 cm³/mol. The second-order valence-corrected chi connectivity index (χ2v) is 8.67. The van der Waals surface area contributed by atoms with Crippen molar-refractivity contribution < 1.29 is 23.9 Å². The van der Waals surface area contributed by atoms with Gasteiger partial charge in [-0.3, -0.25) is 9.59 Å². The van der Waals surface area contributed by atoms with Gasteiger partial charge in [-0.25, -0.2) is 4.79 Å². The van der Waals surface area contributed by atoms with Crippen molar-refractivity contribution in [3.05, 3.63) is 82.7 Å². The number of aryl methyl sites for hydroxylation is 1. The molecule has 1 aliphatic heterocycles. The van der Waals surface area contributed by atoms with E-state index in [1.54, 1.807) is 23.1 Å². The fraction of sp³-hybridized carbons (Fsp3) is 0.321. The molecule has 182 valence electrons. The Hall–Kier alpha value is -3.87. The molecule has 1 saturated heterocycles. The number of aromatic nitrogens is 1. The van der Waals surface area contributed by atoms with Gasteiger partial charge in [-0.15, -0.1) is 0 Å². The molecule has 0 bridgehead atoms. The second kappa shape index (κ2) is 10.6. The van der Waals surface area contributed by atoms with Gasteiger partial charge < -0.3 is 18.9 Å². The van der Waals surface area contributed by atoms with Crippen molar-refractivity contribution >= 4 is 17.7 Å². The molecule has 0 unspecified atom stereocenters. The number of rotatable bonds is 9. The number of Topliss-reactive ketones (excluding diaryl/α,β-unsaturated/α-hetero) is 1. The molecule has 2 aromatic carbocycles. The van der Waals surface area contributed by atoms with Gasteiger partial charge in [-0.2, -0.15) is 0 Å². The Kier molecular flexibility index (Phi) is 7.34. The van der Waals surface area contributed by atoms with E-state index < -0.39 is 5.97 Å². The third kappa shape index (κ3) is 5.45. The molecule has 0 N–H and O–H groups in total. The van der Waals surface area contributed by atoms with Crippen molar-refractivity contribution in [1.82, 2.24) is 9.47 Å². The maximum atomic E-state index is 12.9. The number of ether oxygens (including phenoxy) is 2. The average Bonchev–Trinajstić information content (AvgIpc) is 3.39. The summed E-state index contributed by atoms with van der Waals surface area (Å²) in [6, 6.07) is 16.5. The van der Waals surface area contributed by atoms with Crippen molar-refractivity contribution in [3.63, 3.8) is 0 Å². The summed E-state index contributed by atoms with van der Waals surface area (Å²) in [5, 5.41) is 0. The highest BCUT2D eigenvalue weighted by Gasteiger charge is 2.21. The van der Waals surface area contributed by atoms with Crippen LogP contribution in [0.25, 0.3) is 5.69 Å². The second-order valence-electron chi connectivity index (χ2n) is 8.67. The summed E-state index contributed by atoms with van der Waals surface area (Å²) < 4.78 is 12.8. The van der Waals surface area contributed by atoms with Crippen LogP contribution in [0.2, 0.25) is 0 Å². The number of carbonyl (C=O) groups is 3. The summed E-state index contributed by atoms with van der Waals surface area (Å²) in [5.41, 5.74) is 4.36. The Labute approximate surface area is 205 Å². The molecule has 1 aromatic heterocycles. The van der Waals surface area contributed by atoms with Crippen LogP contribution >= 0.6 is 0 Å². The number of nitrogens with zero attached hydrogens (tertiary/aromatic N) is 2. The Morgan fingerprint density at radius 3 is 2.49 bits per heavy atom. The smallest absolute Gasteiger partial charge is 0.338 e. The molecular formula is C28H30N2O5. The molecule has 0 radical (unpaired) electrons. The molecule has 0 aliphatic carbocycles. The summed E-state index contributed by atoms with van der Waals surface area (Å²) >= 11 is 0. The number of ketones is 1. The van der Waals surface area contributed by atoms with Crippen LogP contribution in [0.1, 0.15) is 57.4 Å². The van der Waals surface area contributed by atoms with Crippen molar-refractivity contribution in [1.29, 1.82) is 0 Å². The lowest BCUT2D eigenvalue weighted by Gasteiger charge is -2.15. The first kappa shape index (κ1) is 24.3. The van der Waals surface area contributed by atoms with Gasteiger partial charge in [0.1, 0.15) is 5.75 Å². The van der Waals surface area contributed by atoms with E-state index in [0.29, 0.717) is 30.7 Å². The van der Waals surface area contributed by atoms with Crippen molar-refractivity contribution in [2.75, 3.05) is 19.8 Å². The van der Waals surface area contributed by atoms with Gasteiger partial charge in [0.15, 0.2) is 6.61 Å². The number of benzene rings is 2. The number of amides is 1. The number of likely N-dealkylation sites (tertiary alicyclic amines) is 1. The van der Waals surface area contributed by atoms with Crippen LogP contribution in [-0.4, -0.2) is 46.9 Å². The van der Waals surface area contributed by atoms with E-state index in [1.807, 2.05) is 61.7 Å². The summed E-state index contributed by atoms with van der Waals surface area (Å²) in [4.78, 5) is 39.2. The molecule has 7 heteroatoms. The third-order valence-electron chi connectivity index (χ3n) is 6.18. The van der Waals surface area contributed by atoms with Crippen LogP contribution in [0, 0.1) is 13.8 Å². The zero-order chi connectivity index (χ0) is 24.9. The molecular weight excluding hydrogens is 444 g/mol. The summed E-state index contributed by atoms with van der Waals surface area (Å²) in [5.74, 6) is 0.0974. The topological polar surface area (TPSA) is 77.8 Å². The first-order valence-corrected chi connectivity index (χ1v) is 11.9. The van der Waals surface area contributed by atoms with E-state index in [9.17, 15) is 14.4 Å². The maximum absolute atomic E-state index is 12.9. The lowest BCUT2D eigenvalue weighted by atomic mass is 10.1. The molecule has 0 atom stereocenters. The van der Waals surface area contributed by atoms with Gasteiger partial charge in [0.2, 0.25) is 11.7 Å². The molecule has 4 rings (SSSR count). The van der Waals surface area contributed by atoms with E-state index in [1.165, 1.54) is 0 Å². The molecule has 2 heterocycles. The van der Waals surface area contributed by atoms with Gasteiger partial charge in [0.25, 0.3) is 0 Å². The van der Waals surface area contributed by atoms with Gasteiger partial charge in [-0.1, -0.05) is 12.1 Å². The first-order chi connectivity index (χ1) is 16.9. The Balaban J connectivity index is 1.41. The summed E-state index contributed by atoms with van der Waals surface area (Å²) in [6.45, 7) is 7.20. The molecule has 35 heavy (non-hydrogen) atoms. The van der Waals surface area contributed by atoms with Gasteiger partial charge in [0.05, 0.1) is 12.2 Å². The fourth-order valence-electron chi connectivity index (χ4n) is 4.48. The average molecular weight is 475 g/mol. The van der Waals surface area contributed by atoms with Crippen LogP contribution in [0.15, 0.2) is 54.6 Å². The Bertz CT molecular complexity index is 1240.